The molecule has 0 bridgehead atoms. The first-order valence-electron chi connectivity index (χ1n) is 0.617. The van der Waals surface area contributed by atoms with E-state index in [4.69, 9.17) is 9.90 Å². The van der Waals surface area contributed by atoms with Crippen LogP contribution in [0.4, 0.5) is 0 Å². The van der Waals surface area contributed by atoms with E-state index in [-0.39, 0.29) is 0 Å². The molecule has 0 fully saturated rings. The average Bonchev–Trinajstić information content (AvgIpc) is 1.46. The van der Waals surface area contributed by atoms with Gasteiger partial charge in [0.1, 0.15) is 0 Å². The van der Waals surface area contributed by atoms with Crippen LogP contribution in [-0.4, -0.2) is 11.6 Å². The van der Waals surface area contributed by atoms with Gasteiger partial charge in [0.2, 0.25) is 0 Å². The van der Waals surface area contributed by atoms with Gasteiger partial charge in [-0.3, -0.25) is 0 Å². The van der Waals surface area contributed by atoms with Crippen LogP contribution >= 0.6 is 9.30 Å². The van der Waals surface area contributed by atoms with E-state index in [9.17, 15) is 0 Å². The van der Waals surface area contributed by atoms with Crippen LogP contribution in [0.1, 0.15) is 0 Å². The predicted molar refractivity (Wildman–Crippen MR) is 14.2 cm³/mol. The molecule has 0 heterocycles. The Kier molecular flexibility index (Phi) is 45.1. The Morgan fingerprint density at radius 1 is 1.80 bits per heavy atom. The van der Waals surface area contributed by atoms with Crippen molar-refractivity contribution in [2.24, 2.45) is 0 Å². The third kappa shape index (κ3) is 122. The van der Waals surface area contributed by atoms with Crippen molar-refractivity contribution in [2.45, 2.75) is 0 Å². The van der Waals surface area contributed by atoms with Crippen LogP contribution in [0.3, 0.4) is 0 Å². The summed E-state index contributed by atoms with van der Waals surface area (Å²) in [6, 6.07) is 0. The molecule has 0 aliphatic carbocycles. The van der Waals surface area contributed by atoms with E-state index in [1.165, 1.54) is 19.4 Å². The standard InChI is InChI=1S/CHO2.ClH.Ti/c2-1-3;;/h(H,2,3);1H;/q-1;;+2/p-1. The van der Waals surface area contributed by atoms with E-state index in [2.05, 4.69) is 9.30 Å². The maximum absolute atomic E-state index is 8.24. The fraction of sp³-hybridized carbons (Fsp3) is 0. The van der Waals surface area contributed by atoms with Crippen LogP contribution in [0.25, 0.3) is 0 Å². The summed E-state index contributed by atoms with van der Waals surface area (Å²) in [6.45, 7) is 0.500. The second-order valence-corrected chi connectivity index (χ2v) is 0.0913. The van der Waals surface area contributed by atoms with Gasteiger partial charge in [-0.05, 0) is 0 Å². The zero-order chi connectivity index (χ0) is 4.71. The Morgan fingerprint density at radius 3 is 1.80 bits per heavy atom. The molecule has 0 aromatic heterocycles. The summed E-state index contributed by atoms with van der Waals surface area (Å²) in [6.07, 6.45) is 0. The number of hydrogen-bond donors (Lipinski definition) is 1. The van der Waals surface area contributed by atoms with E-state index in [0.717, 1.165) is 0 Å². The number of rotatable bonds is 0. The molecule has 4 heteroatoms. The number of aliphatic hydroxyl groups excluding tert-OH is 1. The molecule has 5 heavy (non-hydrogen) atoms. The van der Waals surface area contributed by atoms with Gasteiger partial charge in [0.25, 0.3) is 0 Å². The normalized spacial score (nSPS) is 3.20. The average molecular weight is 128 g/mol. The van der Waals surface area contributed by atoms with Crippen molar-refractivity contribution in [3.8, 4) is 0 Å². The van der Waals surface area contributed by atoms with Gasteiger partial charge in [-0.1, -0.05) is 6.47 Å². The molecular formula is CHClO2Ti. The maximum atomic E-state index is 8.24. The SMILES string of the molecule is O=[C-]O.[Cl][Ti+]. The first kappa shape index (κ1) is 9.08. The zero-order valence-electron chi connectivity index (χ0n) is 2.23. The molecule has 2 nitrogen and oxygen atoms in total. The number of halogens is 1. The molecule has 0 amide bonds. The first-order chi connectivity index (χ1) is 2.41. The van der Waals surface area contributed by atoms with Crippen molar-refractivity contribution >= 4 is 15.8 Å². The van der Waals surface area contributed by atoms with Crippen molar-refractivity contribution < 1.29 is 29.3 Å². The van der Waals surface area contributed by atoms with Crippen LogP contribution in [0.2, 0.25) is 0 Å². The number of hydrogen-bond acceptors (Lipinski definition) is 1. The third-order valence-electron chi connectivity index (χ3n) is 0. The summed E-state index contributed by atoms with van der Waals surface area (Å²) in [7, 11) is 4.64. The van der Waals surface area contributed by atoms with Crippen LogP contribution in [0.15, 0.2) is 0 Å². The van der Waals surface area contributed by atoms with Crippen molar-refractivity contribution in [1.82, 2.24) is 0 Å². The topological polar surface area (TPSA) is 37.3 Å². The molecule has 0 aliphatic rings. The first-order valence-corrected chi connectivity index (χ1v) is 2.77. The third-order valence-corrected chi connectivity index (χ3v) is 0. The summed E-state index contributed by atoms with van der Waals surface area (Å²) in [5.41, 5.74) is 0. The van der Waals surface area contributed by atoms with Gasteiger partial charge < -0.3 is 9.90 Å². The molecule has 0 radical (unpaired) electrons. The summed E-state index contributed by atoms with van der Waals surface area (Å²) < 4.78 is 0. The predicted octanol–water partition coefficient (Wildman–Crippen LogP) is 0.299. The Labute approximate surface area is 45.4 Å². The zero-order valence-corrected chi connectivity index (χ0v) is 4.55. The Morgan fingerprint density at radius 2 is 1.80 bits per heavy atom. The molecule has 0 aromatic rings. The fourth-order valence-corrected chi connectivity index (χ4v) is 0. The van der Waals surface area contributed by atoms with Crippen molar-refractivity contribution in [3.63, 3.8) is 0 Å². The Bertz CT molecular complexity index is 17.1. The molecule has 0 aliphatic heterocycles. The second kappa shape index (κ2) is 24.8. The van der Waals surface area contributed by atoms with Crippen molar-refractivity contribution in [1.29, 1.82) is 0 Å². The van der Waals surface area contributed by atoms with Crippen LogP contribution in [0, 0.1) is 0 Å². The molecule has 0 rings (SSSR count). The van der Waals surface area contributed by atoms with E-state index < -0.39 is 0 Å². The molecule has 0 aromatic carbocycles. The molecule has 1 N–H and O–H groups in total. The minimum absolute atomic E-state index is 0.500. The quantitative estimate of drug-likeness (QED) is 0.376. The summed E-state index contributed by atoms with van der Waals surface area (Å²) in [5.74, 6) is 0. The molecule has 28 valence electrons. The van der Waals surface area contributed by atoms with Crippen molar-refractivity contribution in [2.75, 3.05) is 0 Å². The molecule has 0 atom stereocenters. The van der Waals surface area contributed by atoms with Gasteiger partial charge in [0, 0.05) is 0 Å². The van der Waals surface area contributed by atoms with Crippen LogP contribution in [-0.2, 0) is 24.2 Å². The summed E-state index contributed by atoms with van der Waals surface area (Å²) in [5, 5.41) is 6.76. The van der Waals surface area contributed by atoms with Gasteiger partial charge in [0.05, 0.1) is 0 Å². The van der Waals surface area contributed by atoms with Gasteiger partial charge in [-0.25, -0.2) is 0 Å². The molecular weight excluding hydrogens is 127 g/mol. The molecule has 0 saturated heterocycles. The monoisotopic (exact) mass is 128 g/mol. The van der Waals surface area contributed by atoms with Crippen LogP contribution < -0.4 is 0 Å². The van der Waals surface area contributed by atoms with E-state index in [1.807, 2.05) is 0 Å². The Balaban J connectivity index is 0. The van der Waals surface area contributed by atoms with E-state index in [1.54, 1.807) is 0 Å². The van der Waals surface area contributed by atoms with Gasteiger partial charge >= 0.3 is 28.7 Å². The van der Waals surface area contributed by atoms with Gasteiger partial charge in [-0.15, -0.1) is 0 Å². The fourth-order valence-electron chi connectivity index (χ4n) is 0. The molecule has 0 unspecified atom stereocenters. The van der Waals surface area contributed by atoms with Crippen LogP contribution in [0.5, 0.6) is 0 Å². The second-order valence-electron chi connectivity index (χ2n) is 0.0913. The molecule has 0 saturated carbocycles. The Hall–Kier alpha value is 0.474. The van der Waals surface area contributed by atoms with Gasteiger partial charge in [-0.2, -0.15) is 0 Å². The van der Waals surface area contributed by atoms with E-state index >= 15 is 0 Å². The summed E-state index contributed by atoms with van der Waals surface area (Å²) in [4.78, 5) is 8.24. The molecule has 0 spiro atoms. The van der Waals surface area contributed by atoms with Crippen molar-refractivity contribution in [3.05, 3.63) is 0 Å². The van der Waals surface area contributed by atoms with Gasteiger partial charge in [0.15, 0.2) is 0 Å². The summed E-state index contributed by atoms with van der Waals surface area (Å²) >= 11 is 1.47. The van der Waals surface area contributed by atoms with E-state index in [0.29, 0.717) is 6.47 Å². The minimum atomic E-state index is 0.500.